The summed E-state index contributed by atoms with van der Waals surface area (Å²) in [7, 11) is 0. The highest BCUT2D eigenvalue weighted by Crippen LogP contribution is 2.13. The number of hydrogen-bond acceptors (Lipinski definition) is 4. The molecule has 0 aliphatic heterocycles. The molecule has 1 amide bonds. The van der Waals surface area contributed by atoms with Gasteiger partial charge in [-0.3, -0.25) is 4.79 Å². The van der Waals surface area contributed by atoms with Crippen LogP contribution in [0.25, 0.3) is 0 Å². The minimum Gasteiger partial charge on any atom is -0.384 e. The van der Waals surface area contributed by atoms with Gasteiger partial charge in [-0.05, 0) is 19.9 Å². The summed E-state index contributed by atoms with van der Waals surface area (Å²) in [5.74, 6) is 5.18. The number of aliphatic hydroxyl groups is 1. The highest BCUT2D eigenvalue weighted by Gasteiger charge is 2.07. The zero-order chi connectivity index (χ0) is 13.4. The van der Waals surface area contributed by atoms with Crippen LogP contribution in [0.1, 0.15) is 29.1 Å². The third-order valence-corrected chi connectivity index (χ3v) is 2.84. The van der Waals surface area contributed by atoms with Gasteiger partial charge in [-0.25, -0.2) is 0 Å². The van der Waals surface area contributed by atoms with E-state index >= 15 is 0 Å². The number of nitrogens with one attached hydrogen (secondary N) is 1. The van der Waals surface area contributed by atoms with Gasteiger partial charge in [0, 0.05) is 11.9 Å². The summed E-state index contributed by atoms with van der Waals surface area (Å²) in [6.45, 7) is 4.72. The first kappa shape index (κ1) is 14.7. The van der Waals surface area contributed by atoms with E-state index in [9.17, 15) is 4.79 Å². The lowest BCUT2D eigenvalue weighted by atomic mass is 10.3. The minimum atomic E-state index is -0.175. The Morgan fingerprint density at radius 3 is 3.06 bits per heavy atom. The van der Waals surface area contributed by atoms with Crippen LogP contribution in [-0.2, 0) is 4.74 Å². The molecule has 0 unspecified atom stereocenters. The topological polar surface area (TPSA) is 58.6 Å². The molecule has 1 rings (SSSR count). The third kappa shape index (κ3) is 5.32. The van der Waals surface area contributed by atoms with Crippen LogP contribution in [0.4, 0.5) is 0 Å². The maximum Gasteiger partial charge on any atom is 0.252 e. The van der Waals surface area contributed by atoms with Crippen molar-refractivity contribution in [2.75, 3.05) is 19.8 Å². The second kappa shape index (κ2) is 7.88. The lowest BCUT2D eigenvalue weighted by molar-refractivity contribution is 0.0747. The second-order valence-corrected chi connectivity index (χ2v) is 4.75. The van der Waals surface area contributed by atoms with Crippen LogP contribution in [0.2, 0.25) is 0 Å². The van der Waals surface area contributed by atoms with Gasteiger partial charge in [0.05, 0.1) is 23.2 Å². The molecule has 0 spiro atoms. The molecule has 0 fully saturated rings. The van der Waals surface area contributed by atoms with E-state index in [4.69, 9.17) is 9.84 Å². The molecule has 0 aliphatic rings. The molecule has 1 aromatic rings. The molecular weight excluding hydrogens is 250 g/mol. The molecule has 0 aromatic carbocycles. The number of carbonyl (C=O) groups is 1. The first-order valence-electron chi connectivity index (χ1n) is 5.71. The van der Waals surface area contributed by atoms with Gasteiger partial charge < -0.3 is 15.2 Å². The molecule has 0 saturated carbocycles. The molecule has 0 radical (unpaired) electrons. The zero-order valence-corrected chi connectivity index (χ0v) is 11.3. The molecule has 98 valence electrons. The quantitative estimate of drug-likeness (QED) is 0.623. The van der Waals surface area contributed by atoms with E-state index in [1.165, 1.54) is 11.3 Å². The van der Waals surface area contributed by atoms with E-state index in [2.05, 4.69) is 17.2 Å². The Hall–Kier alpha value is -1.35. The van der Waals surface area contributed by atoms with Crippen LogP contribution in [0.3, 0.4) is 0 Å². The van der Waals surface area contributed by atoms with Crippen LogP contribution in [0, 0.1) is 11.8 Å². The molecule has 4 nitrogen and oxygen atoms in total. The number of thiophene rings is 1. The van der Waals surface area contributed by atoms with Crippen molar-refractivity contribution in [1.29, 1.82) is 0 Å². The van der Waals surface area contributed by atoms with E-state index in [1.54, 1.807) is 11.4 Å². The van der Waals surface area contributed by atoms with Gasteiger partial charge >= 0.3 is 0 Å². The second-order valence-electron chi connectivity index (χ2n) is 3.83. The van der Waals surface area contributed by atoms with E-state index in [1.807, 2.05) is 13.8 Å². The van der Waals surface area contributed by atoms with Crippen LogP contribution in [-0.4, -0.2) is 36.9 Å². The fourth-order valence-electron chi connectivity index (χ4n) is 1.21. The van der Waals surface area contributed by atoms with Crippen molar-refractivity contribution in [2.24, 2.45) is 0 Å². The molecule has 1 heterocycles. The van der Waals surface area contributed by atoms with Gasteiger partial charge in [0.1, 0.15) is 6.61 Å². The predicted octanol–water partition coefficient (Wildman–Crippen LogP) is 1.25. The van der Waals surface area contributed by atoms with Gasteiger partial charge in [0.15, 0.2) is 0 Å². The van der Waals surface area contributed by atoms with Crippen LogP contribution < -0.4 is 5.32 Å². The van der Waals surface area contributed by atoms with Crippen molar-refractivity contribution >= 4 is 17.2 Å². The fraction of sp³-hybridized carbons (Fsp3) is 0.462. The molecule has 0 saturated heterocycles. The third-order valence-electron chi connectivity index (χ3n) is 1.99. The molecule has 18 heavy (non-hydrogen) atoms. The van der Waals surface area contributed by atoms with Crippen LogP contribution >= 0.6 is 11.3 Å². The lowest BCUT2D eigenvalue weighted by Crippen LogP contribution is -2.27. The summed E-state index contributed by atoms with van der Waals surface area (Å²) in [4.78, 5) is 12.5. The number of aliphatic hydroxyl groups excluding tert-OH is 1. The van der Waals surface area contributed by atoms with Crippen molar-refractivity contribution in [1.82, 2.24) is 5.32 Å². The largest absolute Gasteiger partial charge is 0.384 e. The summed E-state index contributed by atoms with van der Waals surface area (Å²) in [6, 6.07) is 1.71. The summed E-state index contributed by atoms with van der Waals surface area (Å²) < 4.78 is 5.32. The van der Waals surface area contributed by atoms with Gasteiger partial charge in [0.2, 0.25) is 0 Å². The van der Waals surface area contributed by atoms with Gasteiger partial charge in [0.25, 0.3) is 5.91 Å². The lowest BCUT2D eigenvalue weighted by Gasteiger charge is -2.07. The standard InChI is InChI=1S/C13H17NO3S/c1-10(2)17-7-5-14-13(16)11-8-12(18-9-11)4-3-6-15/h8-10,15H,5-7H2,1-2H3,(H,14,16). The van der Waals surface area contributed by atoms with Crippen molar-refractivity contribution in [3.63, 3.8) is 0 Å². The Labute approximate surface area is 111 Å². The average Bonchev–Trinajstić information content (AvgIpc) is 2.80. The monoisotopic (exact) mass is 267 g/mol. The van der Waals surface area contributed by atoms with Crippen LogP contribution in [0.5, 0.6) is 0 Å². The molecule has 1 aromatic heterocycles. The minimum absolute atomic E-state index is 0.129. The summed E-state index contributed by atoms with van der Waals surface area (Å²) >= 11 is 1.39. The highest BCUT2D eigenvalue weighted by molar-refractivity contribution is 7.10. The Kier molecular flexibility index (Phi) is 6.44. The van der Waals surface area contributed by atoms with E-state index in [-0.39, 0.29) is 18.6 Å². The summed E-state index contributed by atoms with van der Waals surface area (Å²) in [5.41, 5.74) is 0.590. The predicted molar refractivity (Wildman–Crippen MR) is 71.7 cm³/mol. The Balaban J connectivity index is 2.40. The summed E-state index contributed by atoms with van der Waals surface area (Å²) in [5, 5.41) is 13.1. The Bertz CT molecular complexity index is 443. The average molecular weight is 267 g/mol. The normalized spacial score (nSPS) is 10.0. The van der Waals surface area contributed by atoms with E-state index in [0.29, 0.717) is 18.7 Å². The number of carbonyl (C=O) groups excluding carboxylic acids is 1. The zero-order valence-electron chi connectivity index (χ0n) is 10.5. The molecule has 0 aliphatic carbocycles. The maximum atomic E-state index is 11.7. The van der Waals surface area contributed by atoms with Gasteiger partial charge in [-0.2, -0.15) is 0 Å². The molecular formula is C13H17NO3S. The van der Waals surface area contributed by atoms with Crippen molar-refractivity contribution in [3.05, 3.63) is 21.9 Å². The maximum absolute atomic E-state index is 11.7. The molecule has 0 bridgehead atoms. The first-order chi connectivity index (χ1) is 8.63. The number of ether oxygens (including phenoxy) is 1. The molecule has 2 N–H and O–H groups in total. The fourth-order valence-corrected chi connectivity index (χ4v) is 1.96. The van der Waals surface area contributed by atoms with Crippen molar-refractivity contribution < 1.29 is 14.6 Å². The van der Waals surface area contributed by atoms with Crippen molar-refractivity contribution in [3.8, 4) is 11.8 Å². The van der Waals surface area contributed by atoms with Crippen molar-refractivity contribution in [2.45, 2.75) is 20.0 Å². The van der Waals surface area contributed by atoms with Crippen LogP contribution in [0.15, 0.2) is 11.4 Å². The van der Waals surface area contributed by atoms with E-state index in [0.717, 1.165) is 4.88 Å². The van der Waals surface area contributed by atoms with Gasteiger partial charge in [-0.15, -0.1) is 11.3 Å². The molecule has 0 atom stereocenters. The Morgan fingerprint density at radius 1 is 1.61 bits per heavy atom. The molecule has 5 heteroatoms. The SMILES string of the molecule is CC(C)OCCNC(=O)c1csc(C#CCO)c1. The number of rotatable bonds is 5. The number of amides is 1. The first-order valence-corrected chi connectivity index (χ1v) is 6.59. The number of hydrogen-bond donors (Lipinski definition) is 2. The van der Waals surface area contributed by atoms with Gasteiger partial charge in [-0.1, -0.05) is 11.8 Å². The highest BCUT2D eigenvalue weighted by atomic mass is 32.1. The smallest absolute Gasteiger partial charge is 0.252 e. The Morgan fingerprint density at radius 2 is 2.39 bits per heavy atom. The summed E-state index contributed by atoms with van der Waals surface area (Å²) in [6.07, 6.45) is 0.170. The van der Waals surface area contributed by atoms with E-state index < -0.39 is 0 Å².